The zero-order valence-electron chi connectivity index (χ0n) is 22.2. The van der Waals surface area contributed by atoms with Crippen molar-refractivity contribution in [1.29, 1.82) is 0 Å². The monoisotopic (exact) mass is 541 g/mol. The van der Waals surface area contributed by atoms with Gasteiger partial charge in [-0.3, -0.25) is 4.79 Å². The van der Waals surface area contributed by atoms with Gasteiger partial charge in [-0.25, -0.2) is 9.18 Å². The fourth-order valence-corrected chi connectivity index (χ4v) is 6.59. The van der Waals surface area contributed by atoms with Crippen molar-refractivity contribution in [2.24, 2.45) is 5.92 Å². The van der Waals surface area contributed by atoms with Crippen LogP contribution in [-0.4, -0.2) is 79.0 Å². The summed E-state index contributed by atoms with van der Waals surface area (Å²) < 4.78 is 13.7. The van der Waals surface area contributed by atoms with Gasteiger partial charge in [0.25, 0.3) is 0 Å². The third kappa shape index (κ3) is 5.82. The summed E-state index contributed by atoms with van der Waals surface area (Å²) in [7, 11) is 2.15. The molecule has 1 heterocycles. The third-order valence-corrected chi connectivity index (χ3v) is 8.83. The van der Waals surface area contributed by atoms with Gasteiger partial charge in [-0.15, -0.1) is 0 Å². The van der Waals surface area contributed by atoms with Crippen LogP contribution in [0.3, 0.4) is 0 Å². The minimum absolute atomic E-state index is 0.00875. The van der Waals surface area contributed by atoms with E-state index >= 15 is 0 Å². The average molecular weight is 542 g/mol. The fraction of sp³-hybridized carbons (Fsp3) is 0.517. The molecule has 38 heavy (non-hydrogen) atoms. The zero-order valence-corrected chi connectivity index (χ0v) is 22.9. The van der Waals surface area contributed by atoms with Gasteiger partial charge in [-0.05, 0) is 81.1 Å². The Kier molecular flexibility index (Phi) is 7.93. The molecule has 3 aliphatic rings. The van der Waals surface area contributed by atoms with Gasteiger partial charge in [0.1, 0.15) is 5.82 Å². The summed E-state index contributed by atoms with van der Waals surface area (Å²) >= 11 is 5.97. The topological polar surface area (TPSA) is 67.9 Å². The van der Waals surface area contributed by atoms with Crippen LogP contribution in [0.4, 0.5) is 20.6 Å². The molecular formula is C29H37ClFN5O2. The molecule has 2 saturated carbocycles. The van der Waals surface area contributed by atoms with Crippen molar-refractivity contribution in [2.45, 2.75) is 44.1 Å². The number of likely N-dealkylation sites (N-methyl/N-ethyl adjacent to an activating group) is 1. The van der Waals surface area contributed by atoms with Crippen molar-refractivity contribution in [3.63, 3.8) is 0 Å². The molecule has 3 fully saturated rings. The highest BCUT2D eigenvalue weighted by molar-refractivity contribution is 6.31. The predicted octanol–water partition coefficient (Wildman–Crippen LogP) is 5.03. The SMILES string of the molecule is CC(=O)Nc1cccc([C@]23CC[C@@H](N(CCCN4CCN(C)CC4)C(=O)Nc4ccc(F)c(Cl)c4)[C@H]2C3)c1. The van der Waals surface area contributed by atoms with Crippen molar-refractivity contribution in [1.82, 2.24) is 14.7 Å². The Morgan fingerprint density at radius 1 is 1.11 bits per heavy atom. The summed E-state index contributed by atoms with van der Waals surface area (Å²) in [6.45, 7) is 7.38. The van der Waals surface area contributed by atoms with Gasteiger partial charge in [0.05, 0.1) is 5.02 Å². The van der Waals surface area contributed by atoms with Crippen molar-refractivity contribution in [3.8, 4) is 0 Å². The number of amides is 3. The van der Waals surface area contributed by atoms with Crippen LogP contribution in [0.5, 0.6) is 0 Å². The van der Waals surface area contributed by atoms with Crippen molar-refractivity contribution < 1.29 is 14.0 Å². The molecular weight excluding hydrogens is 505 g/mol. The highest BCUT2D eigenvalue weighted by atomic mass is 35.5. The number of piperazine rings is 1. The van der Waals surface area contributed by atoms with Gasteiger partial charge < -0.3 is 25.3 Å². The Morgan fingerprint density at radius 3 is 2.58 bits per heavy atom. The molecule has 5 rings (SSSR count). The first kappa shape index (κ1) is 26.9. The molecule has 9 heteroatoms. The summed E-state index contributed by atoms with van der Waals surface area (Å²) in [5.41, 5.74) is 2.59. The Balaban J connectivity index is 1.30. The van der Waals surface area contributed by atoms with Gasteiger partial charge in [0.15, 0.2) is 0 Å². The Morgan fingerprint density at radius 2 is 1.87 bits per heavy atom. The Bertz CT molecular complexity index is 1190. The maximum atomic E-state index is 13.7. The number of fused-ring (bicyclic) bond motifs is 1. The molecule has 2 N–H and O–H groups in total. The minimum atomic E-state index is -0.506. The second kappa shape index (κ2) is 11.2. The lowest BCUT2D eigenvalue weighted by molar-refractivity contribution is -0.114. The highest BCUT2D eigenvalue weighted by Gasteiger charge is 2.64. The number of hydrogen-bond donors (Lipinski definition) is 2. The number of nitrogens with one attached hydrogen (secondary N) is 2. The van der Waals surface area contributed by atoms with E-state index in [-0.39, 0.29) is 28.4 Å². The molecule has 0 radical (unpaired) electrons. The van der Waals surface area contributed by atoms with Gasteiger partial charge in [0, 0.05) is 62.5 Å². The van der Waals surface area contributed by atoms with E-state index < -0.39 is 5.82 Å². The minimum Gasteiger partial charge on any atom is -0.326 e. The van der Waals surface area contributed by atoms with Crippen LogP contribution in [-0.2, 0) is 10.2 Å². The van der Waals surface area contributed by atoms with E-state index in [2.05, 4.69) is 39.6 Å². The molecule has 3 amide bonds. The number of anilines is 2. The summed E-state index contributed by atoms with van der Waals surface area (Å²) in [6, 6.07) is 12.4. The van der Waals surface area contributed by atoms with E-state index in [4.69, 9.17) is 11.6 Å². The second-order valence-electron chi connectivity index (χ2n) is 11.1. The molecule has 0 unspecified atom stereocenters. The standard InChI is InChI=1S/C29H37ClFN5O2/c1-20(37)32-22-6-3-5-21(17-22)29-10-9-27(24(29)19-29)36(12-4-11-35-15-13-34(2)14-16-35)28(38)33-23-7-8-26(31)25(30)18-23/h3,5-8,17-18,24,27H,4,9-16,19H2,1-2H3,(H,32,37)(H,33,38)/t24-,27-,29-/m1/s1. The van der Waals surface area contributed by atoms with E-state index in [1.807, 2.05) is 17.0 Å². The lowest BCUT2D eigenvalue weighted by Gasteiger charge is -2.34. The number of halogens is 2. The first-order valence-corrected chi connectivity index (χ1v) is 13.9. The van der Waals surface area contributed by atoms with Crippen molar-refractivity contribution in [3.05, 3.63) is 58.9 Å². The first-order chi connectivity index (χ1) is 18.2. The van der Waals surface area contributed by atoms with Gasteiger partial charge >= 0.3 is 6.03 Å². The molecule has 2 aliphatic carbocycles. The van der Waals surface area contributed by atoms with E-state index in [0.29, 0.717) is 18.2 Å². The molecule has 1 saturated heterocycles. The van der Waals surface area contributed by atoms with Crippen LogP contribution >= 0.6 is 11.6 Å². The van der Waals surface area contributed by atoms with Crippen LogP contribution in [0.15, 0.2) is 42.5 Å². The smallest absolute Gasteiger partial charge is 0.322 e. The molecule has 204 valence electrons. The highest BCUT2D eigenvalue weighted by Crippen LogP contribution is 2.65. The van der Waals surface area contributed by atoms with Crippen LogP contribution in [0.1, 0.15) is 38.2 Å². The van der Waals surface area contributed by atoms with Crippen LogP contribution in [0.2, 0.25) is 5.02 Å². The fourth-order valence-electron chi connectivity index (χ4n) is 6.41. The van der Waals surface area contributed by atoms with E-state index in [1.165, 1.54) is 24.6 Å². The summed E-state index contributed by atoms with van der Waals surface area (Å²) in [6.07, 6.45) is 3.87. The lowest BCUT2D eigenvalue weighted by Crippen LogP contribution is -2.47. The normalized spacial score (nSPS) is 25.1. The molecule has 7 nitrogen and oxygen atoms in total. The van der Waals surface area contributed by atoms with Crippen molar-refractivity contribution >= 4 is 34.9 Å². The Labute approximate surface area is 229 Å². The number of carbonyl (C=O) groups is 2. The number of urea groups is 1. The quantitative estimate of drug-likeness (QED) is 0.492. The zero-order chi connectivity index (χ0) is 26.9. The molecule has 0 bridgehead atoms. The second-order valence-corrected chi connectivity index (χ2v) is 11.5. The van der Waals surface area contributed by atoms with Gasteiger partial charge in [-0.2, -0.15) is 0 Å². The molecule has 0 aromatic heterocycles. The lowest BCUT2D eigenvalue weighted by atomic mass is 9.93. The Hall–Kier alpha value is -2.68. The maximum Gasteiger partial charge on any atom is 0.322 e. The number of nitrogens with zero attached hydrogens (tertiary/aromatic N) is 3. The largest absolute Gasteiger partial charge is 0.326 e. The first-order valence-electron chi connectivity index (χ1n) is 13.6. The maximum absolute atomic E-state index is 13.7. The number of benzene rings is 2. The number of hydrogen-bond acceptors (Lipinski definition) is 4. The summed E-state index contributed by atoms with van der Waals surface area (Å²) in [4.78, 5) is 32.0. The summed E-state index contributed by atoms with van der Waals surface area (Å²) in [5.74, 6) is -0.213. The van der Waals surface area contributed by atoms with E-state index in [0.717, 1.165) is 64.1 Å². The third-order valence-electron chi connectivity index (χ3n) is 8.54. The average Bonchev–Trinajstić information content (AvgIpc) is 3.51. The molecule has 1 aliphatic heterocycles. The van der Waals surface area contributed by atoms with Crippen LogP contribution in [0.25, 0.3) is 0 Å². The molecule has 2 aromatic carbocycles. The molecule has 0 spiro atoms. The van der Waals surface area contributed by atoms with Crippen molar-refractivity contribution in [2.75, 3.05) is 56.9 Å². The molecule has 2 aromatic rings. The number of carbonyl (C=O) groups excluding carboxylic acids is 2. The summed E-state index contributed by atoms with van der Waals surface area (Å²) in [5, 5.41) is 5.86. The van der Waals surface area contributed by atoms with Crippen LogP contribution < -0.4 is 10.6 Å². The van der Waals surface area contributed by atoms with Gasteiger partial charge in [0.2, 0.25) is 5.91 Å². The van der Waals surface area contributed by atoms with E-state index in [9.17, 15) is 14.0 Å². The predicted molar refractivity (Wildman–Crippen MR) is 149 cm³/mol. The van der Waals surface area contributed by atoms with E-state index in [1.54, 1.807) is 6.07 Å². The molecule has 3 atom stereocenters. The van der Waals surface area contributed by atoms with Gasteiger partial charge in [-0.1, -0.05) is 23.7 Å². The number of rotatable bonds is 8. The van der Waals surface area contributed by atoms with Crippen LogP contribution in [0, 0.1) is 11.7 Å².